The van der Waals surface area contributed by atoms with E-state index in [-0.39, 0.29) is 6.04 Å². The van der Waals surface area contributed by atoms with Crippen molar-refractivity contribution in [2.45, 2.75) is 38.6 Å². The number of hydrogen-bond acceptors (Lipinski definition) is 2. The van der Waals surface area contributed by atoms with Crippen LogP contribution in [0.25, 0.3) is 0 Å². The molecule has 0 bridgehead atoms. The molecule has 0 N–H and O–H groups in total. The molecule has 0 spiro atoms. The maximum absolute atomic E-state index is 10.6. The number of aldehydes is 1. The van der Waals surface area contributed by atoms with E-state index in [1.54, 1.807) is 0 Å². The third-order valence-electron chi connectivity index (χ3n) is 2.35. The van der Waals surface area contributed by atoms with Gasteiger partial charge in [0.25, 0.3) is 0 Å². The van der Waals surface area contributed by atoms with E-state index in [4.69, 9.17) is 0 Å². The van der Waals surface area contributed by atoms with E-state index in [0.717, 1.165) is 32.2 Å². The molecule has 0 amide bonds. The maximum Gasteiger partial charge on any atom is 0.137 e. The zero-order chi connectivity index (χ0) is 8.10. The summed E-state index contributed by atoms with van der Waals surface area (Å²) in [5.41, 5.74) is 0. The van der Waals surface area contributed by atoms with E-state index in [9.17, 15) is 4.79 Å². The van der Waals surface area contributed by atoms with Gasteiger partial charge in [-0.2, -0.15) is 0 Å². The van der Waals surface area contributed by atoms with Crippen LogP contribution >= 0.6 is 0 Å². The van der Waals surface area contributed by atoms with Gasteiger partial charge in [-0.15, -0.1) is 0 Å². The Labute approximate surface area is 68.6 Å². The van der Waals surface area contributed by atoms with Gasteiger partial charge in [0, 0.05) is 0 Å². The molecule has 1 aliphatic heterocycles. The Morgan fingerprint density at radius 2 is 2.09 bits per heavy atom. The fourth-order valence-electron chi connectivity index (χ4n) is 1.71. The van der Waals surface area contributed by atoms with Crippen molar-refractivity contribution >= 4 is 6.29 Å². The van der Waals surface area contributed by atoms with E-state index in [1.165, 1.54) is 12.8 Å². The van der Waals surface area contributed by atoms with Gasteiger partial charge < -0.3 is 4.79 Å². The predicted octanol–water partition coefficient (Wildman–Crippen LogP) is 1.45. The summed E-state index contributed by atoms with van der Waals surface area (Å²) in [5, 5.41) is 0. The molecule has 2 heteroatoms. The molecule has 2 nitrogen and oxygen atoms in total. The highest BCUT2D eigenvalue weighted by molar-refractivity contribution is 5.57. The lowest BCUT2D eigenvalue weighted by atomic mass is 10.2. The van der Waals surface area contributed by atoms with Crippen molar-refractivity contribution in [3.8, 4) is 0 Å². The first kappa shape index (κ1) is 8.72. The van der Waals surface area contributed by atoms with Gasteiger partial charge in [0.05, 0.1) is 6.04 Å². The van der Waals surface area contributed by atoms with Crippen LogP contribution in [-0.2, 0) is 4.79 Å². The summed E-state index contributed by atoms with van der Waals surface area (Å²) in [6, 6.07) is 0.211. The molecule has 1 fully saturated rings. The summed E-state index contributed by atoms with van der Waals surface area (Å²) in [4.78, 5) is 12.9. The number of rotatable bonds is 4. The molecular weight excluding hydrogens is 138 g/mol. The van der Waals surface area contributed by atoms with E-state index < -0.39 is 0 Å². The van der Waals surface area contributed by atoms with E-state index >= 15 is 0 Å². The Morgan fingerprint density at radius 1 is 1.45 bits per heavy atom. The lowest BCUT2D eigenvalue weighted by Crippen LogP contribution is -2.33. The molecule has 0 aromatic heterocycles. The van der Waals surface area contributed by atoms with Crippen molar-refractivity contribution in [1.82, 2.24) is 4.90 Å². The van der Waals surface area contributed by atoms with Gasteiger partial charge >= 0.3 is 0 Å². The van der Waals surface area contributed by atoms with Gasteiger partial charge in [-0.05, 0) is 32.4 Å². The molecule has 1 rings (SSSR count). The second kappa shape index (κ2) is 4.50. The van der Waals surface area contributed by atoms with Crippen LogP contribution in [0.1, 0.15) is 32.6 Å². The Balaban J connectivity index is 2.33. The average molecular weight is 155 g/mol. The Bertz CT molecular complexity index is 119. The molecule has 64 valence electrons. The monoisotopic (exact) mass is 155 g/mol. The third-order valence-corrected chi connectivity index (χ3v) is 2.35. The SMILES string of the molecule is CCCC(C=O)N1CCCC1. The van der Waals surface area contributed by atoms with Gasteiger partial charge in [0.1, 0.15) is 6.29 Å². The minimum absolute atomic E-state index is 0.211. The summed E-state index contributed by atoms with van der Waals surface area (Å²) < 4.78 is 0. The van der Waals surface area contributed by atoms with Crippen LogP contribution in [0, 0.1) is 0 Å². The molecule has 0 aromatic carbocycles. The Kier molecular flexibility index (Phi) is 3.57. The molecule has 0 saturated carbocycles. The average Bonchev–Trinajstić information content (AvgIpc) is 2.52. The summed E-state index contributed by atoms with van der Waals surface area (Å²) in [5.74, 6) is 0. The number of carbonyl (C=O) groups is 1. The predicted molar refractivity (Wildman–Crippen MR) is 45.6 cm³/mol. The molecule has 1 atom stereocenters. The Hall–Kier alpha value is -0.370. The van der Waals surface area contributed by atoms with E-state index in [2.05, 4.69) is 11.8 Å². The minimum atomic E-state index is 0.211. The number of likely N-dealkylation sites (tertiary alicyclic amines) is 1. The summed E-state index contributed by atoms with van der Waals surface area (Å²) in [7, 11) is 0. The third kappa shape index (κ3) is 2.29. The normalized spacial score (nSPS) is 21.9. The molecule has 0 aliphatic carbocycles. The topological polar surface area (TPSA) is 20.3 Å². The second-order valence-corrected chi connectivity index (χ2v) is 3.24. The first-order valence-corrected chi connectivity index (χ1v) is 4.58. The summed E-state index contributed by atoms with van der Waals surface area (Å²) >= 11 is 0. The smallest absolute Gasteiger partial charge is 0.137 e. The molecule has 1 heterocycles. The van der Waals surface area contributed by atoms with Crippen LogP contribution in [0.3, 0.4) is 0 Å². The standard InChI is InChI=1S/C9H17NO/c1-2-5-9(8-11)10-6-3-4-7-10/h8-9H,2-7H2,1H3. The number of carbonyl (C=O) groups excluding carboxylic acids is 1. The first-order chi connectivity index (χ1) is 5.38. The van der Waals surface area contributed by atoms with Crippen molar-refractivity contribution in [3.63, 3.8) is 0 Å². The fourth-order valence-corrected chi connectivity index (χ4v) is 1.71. The quantitative estimate of drug-likeness (QED) is 0.573. The van der Waals surface area contributed by atoms with Crippen molar-refractivity contribution in [2.24, 2.45) is 0 Å². The second-order valence-electron chi connectivity index (χ2n) is 3.24. The van der Waals surface area contributed by atoms with Crippen molar-refractivity contribution < 1.29 is 4.79 Å². The zero-order valence-corrected chi connectivity index (χ0v) is 7.25. The maximum atomic E-state index is 10.6. The number of hydrogen-bond donors (Lipinski definition) is 0. The largest absolute Gasteiger partial charge is 0.302 e. The van der Waals surface area contributed by atoms with Gasteiger partial charge in [0.2, 0.25) is 0 Å². The highest BCUT2D eigenvalue weighted by Gasteiger charge is 2.19. The minimum Gasteiger partial charge on any atom is -0.302 e. The van der Waals surface area contributed by atoms with Gasteiger partial charge in [0.15, 0.2) is 0 Å². The summed E-state index contributed by atoms with van der Waals surface area (Å²) in [6.07, 6.45) is 5.79. The van der Waals surface area contributed by atoms with Crippen LogP contribution in [-0.4, -0.2) is 30.3 Å². The van der Waals surface area contributed by atoms with Crippen LogP contribution in [0.15, 0.2) is 0 Å². The Morgan fingerprint density at radius 3 is 2.55 bits per heavy atom. The molecular formula is C9H17NO. The lowest BCUT2D eigenvalue weighted by Gasteiger charge is -2.21. The van der Waals surface area contributed by atoms with Crippen molar-refractivity contribution in [2.75, 3.05) is 13.1 Å². The van der Waals surface area contributed by atoms with Crippen molar-refractivity contribution in [1.29, 1.82) is 0 Å². The van der Waals surface area contributed by atoms with E-state index in [1.807, 2.05) is 0 Å². The zero-order valence-electron chi connectivity index (χ0n) is 7.25. The molecule has 1 aliphatic rings. The lowest BCUT2D eigenvalue weighted by molar-refractivity contribution is -0.112. The van der Waals surface area contributed by atoms with Crippen molar-refractivity contribution in [3.05, 3.63) is 0 Å². The van der Waals surface area contributed by atoms with Crippen LogP contribution in [0.2, 0.25) is 0 Å². The number of nitrogens with zero attached hydrogens (tertiary/aromatic N) is 1. The molecule has 1 saturated heterocycles. The molecule has 1 unspecified atom stereocenters. The molecule has 11 heavy (non-hydrogen) atoms. The molecule has 0 aromatic rings. The van der Waals surface area contributed by atoms with Crippen LogP contribution in [0.4, 0.5) is 0 Å². The van der Waals surface area contributed by atoms with Gasteiger partial charge in [-0.1, -0.05) is 13.3 Å². The first-order valence-electron chi connectivity index (χ1n) is 4.58. The van der Waals surface area contributed by atoms with E-state index in [0.29, 0.717) is 0 Å². The highest BCUT2D eigenvalue weighted by Crippen LogP contribution is 2.13. The van der Waals surface area contributed by atoms with Crippen LogP contribution in [0.5, 0.6) is 0 Å². The fraction of sp³-hybridized carbons (Fsp3) is 0.889. The van der Waals surface area contributed by atoms with Gasteiger partial charge in [-0.25, -0.2) is 0 Å². The molecule has 0 radical (unpaired) electrons. The summed E-state index contributed by atoms with van der Waals surface area (Å²) in [6.45, 7) is 4.39. The highest BCUT2D eigenvalue weighted by atomic mass is 16.1. The van der Waals surface area contributed by atoms with Gasteiger partial charge in [-0.3, -0.25) is 4.90 Å². The van der Waals surface area contributed by atoms with Crippen LogP contribution < -0.4 is 0 Å².